The number of carboxylic acids is 1. The molecule has 28 heavy (non-hydrogen) atoms. The number of hydrogen-bond acceptors (Lipinski definition) is 1. The van der Waals surface area contributed by atoms with Crippen molar-refractivity contribution in [1.29, 1.82) is 0 Å². The molecule has 1 aromatic rings. The summed E-state index contributed by atoms with van der Waals surface area (Å²) in [6, 6.07) is 10.2. The van der Waals surface area contributed by atoms with Crippen LogP contribution in [0.15, 0.2) is 59.7 Å². The zero-order valence-corrected chi connectivity index (χ0v) is 17.9. The van der Waals surface area contributed by atoms with Crippen LogP contribution in [0.2, 0.25) is 0 Å². The first-order valence-corrected chi connectivity index (χ1v) is 10.7. The highest BCUT2D eigenvalue weighted by Gasteiger charge is 2.62. The molecule has 2 aliphatic carbocycles. The van der Waals surface area contributed by atoms with Gasteiger partial charge in [-0.1, -0.05) is 93.5 Å². The molecule has 2 heteroatoms. The lowest BCUT2D eigenvalue weighted by Gasteiger charge is -2.53. The predicted molar refractivity (Wildman–Crippen MR) is 117 cm³/mol. The summed E-state index contributed by atoms with van der Waals surface area (Å²) in [5.41, 5.74) is 2.51. The minimum Gasteiger partial charge on any atom is -0.481 e. The minimum absolute atomic E-state index is 0.0605. The highest BCUT2D eigenvalue weighted by molar-refractivity contribution is 5.79. The molecule has 5 atom stereocenters. The van der Waals surface area contributed by atoms with Gasteiger partial charge in [0.25, 0.3) is 0 Å². The number of carboxylic acid groups (broad SMARTS) is 1. The van der Waals surface area contributed by atoms with E-state index in [1.54, 1.807) is 0 Å². The van der Waals surface area contributed by atoms with Crippen molar-refractivity contribution in [3.63, 3.8) is 0 Å². The Morgan fingerprint density at radius 3 is 2.29 bits per heavy atom. The van der Waals surface area contributed by atoms with E-state index in [2.05, 4.69) is 64.1 Å². The molecule has 3 rings (SSSR count). The zero-order valence-electron chi connectivity index (χ0n) is 17.9. The van der Waals surface area contributed by atoms with Gasteiger partial charge in [-0.2, -0.15) is 0 Å². The lowest BCUT2D eigenvalue weighted by atomic mass is 9.48. The average molecular weight is 379 g/mol. The van der Waals surface area contributed by atoms with Crippen molar-refractivity contribution in [2.45, 2.75) is 53.9 Å². The minimum atomic E-state index is -0.858. The second-order valence-corrected chi connectivity index (χ2v) is 8.68. The summed E-state index contributed by atoms with van der Waals surface area (Å²) in [6.07, 6.45) is 11.6. The number of aliphatic carboxylic acids is 1. The van der Waals surface area contributed by atoms with E-state index < -0.39 is 16.8 Å². The summed E-state index contributed by atoms with van der Waals surface area (Å²) in [5.74, 6) is 0.0934. The fourth-order valence-electron chi connectivity index (χ4n) is 5.85. The summed E-state index contributed by atoms with van der Waals surface area (Å²) >= 11 is 0. The first-order chi connectivity index (χ1) is 13.3. The Morgan fingerprint density at radius 2 is 1.75 bits per heavy atom. The highest BCUT2D eigenvalue weighted by Crippen LogP contribution is 2.63. The molecule has 0 fully saturated rings. The summed E-state index contributed by atoms with van der Waals surface area (Å²) in [6.45, 7) is 10.8. The van der Waals surface area contributed by atoms with Gasteiger partial charge < -0.3 is 5.11 Å². The normalized spacial score (nSPS) is 34.8. The third-order valence-corrected chi connectivity index (χ3v) is 7.48. The van der Waals surface area contributed by atoms with Gasteiger partial charge in [0.1, 0.15) is 0 Å². The molecule has 2 aliphatic rings. The van der Waals surface area contributed by atoms with Crippen LogP contribution in [0.4, 0.5) is 0 Å². The van der Waals surface area contributed by atoms with Crippen molar-refractivity contribution in [1.82, 2.24) is 0 Å². The SMILES string of the molecule is CCC1=C[C@@](C=Cc2ccccc2)(CC)[C@](C)(C(=O)O)[C@H]2C(CC)=C[C@@H](C)[C@H]12. The zero-order chi connectivity index (χ0) is 20.5. The van der Waals surface area contributed by atoms with Crippen molar-refractivity contribution in [2.24, 2.45) is 28.6 Å². The number of carbonyl (C=O) groups is 1. The van der Waals surface area contributed by atoms with Gasteiger partial charge in [-0.15, -0.1) is 0 Å². The monoisotopic (exact) mass is 378 g/mol. The molecule has 0 saturated heterocycles. The molecular weight excluding hydrogens is 344 g/mol. The van der Waals surface area contributed by atoms with Crippen LogP contribution in [0, 0.1) is 28.6 Å². The van der Waals surface area contributed by atoms with E-state index >= 15 is 0 Å². The Kier molecular flexibility index (Phi) is 5.70. The van der Waals surface area contributed by atoms with Gasteiger partial charge in [-0.25, -0.2) is 0 Å². The number of allylic oxidation sites excluding steroid dienone is 5. The van der Waals surface area contributed by atoms with Crippen LogP contribution in [0.3, 0.4) is 0 Å². The van der Waals surface area contributed by atoms with Crippen LogP contribution in [-0.4, -0.2) is 11.1 Å². The molecule has 0 unspecified atom stereocenters. The van der Waals surface area contributed by atoms with Gasteiger partial charge in [0.05, 0.1) is 5.41 Å². The Hall–Kier alpha value is -2.09. The van der Waals surface area contributed by atoms with E-state index in [9.17, 15) is 9.90 Å². The van der Waals surface area contributed by atoms with E-state index in [-0.39, 0.29) is 5.92 Å². The van der Waals surface area contributed by atoms with Crippen LogP contribution < -0.4 is 0 Å². The van der Waals surface area contributed by atoms with E-state index in [4.69, 9.17) is 0 Å². The fraction of sp³-hybridized carbons (Fsp3) is 0.500. The van der Waals surface area contributed by atoms with Gasteiger partial charge in [0.15, 0.2) is 0 Å². The molecular formula is C26H34O2. The molecule has 0 bridgehead atoms. The Bertz CT molecular complexity index is 816. The van der Waals surface area contributed by atoms with Crippen LogP contribution in [-0.2, 0) is 4.79 Å². The maximum atomic E-state index is 12.9. The second-order valence-electron chi connectivity index (χ2n) is 8.68. The highest BCUT2D eigenvalue weighted by atomic mass is 16.4. The van der Waals surface area contributed by atoms with Crippen LogP contribution in [0.5, 0.6) is 0 Å². The number of hydrogen-bond donors (Lipinski definition) is 1. The van der Waals surface area contributed by atoms with Gasteiger partial charge in [0, 0.05) is 11.3 Å². The quantitative estimate of drug-likeness (QED) is 0.556. The van der Waals surface area contributed by atoms with Gasteiger partial charge >= 0.3 is 5.97 Å². The van der Waals surface area contributed by atoms with Crippen molar-refractivity contribution in [2.75, 3.05) is 0 Å². The first kappa shape index (κ1) is 20.6. The standard InChI is InChI=1S/C26H34O2/c1-6-20-16-18(4)22-21(7-2)17-26(8-3,25(5,23(20)22)24(27)28)15-14-19-12-10-9-11-13-19/h9-18,22-23H,6-8H2,1-5H3,(H,27,28)/t18-,22-,23+,25+,26+/m1/s1. The number of rotatable bonds is 6. The average Bonchev–Trinajstić information content (AvgIpc) is 3.05. The molecule has 1 N–H and O–H groups in total. The molecule has 0 saturated carbocycles. The molecule has 150 valence electrons. The molecule has 0 amide bonds. The van der Waals surface area contributed by atoms with Crippen LogP contribution in [0.25, 0.3) is 6.08 Å². The smallest absolute Gasteiger partial charge is 0.311 e. The van der Waals surface area contributed by atoms with Crippen molar-refractivity contribution in [3.05, 3.63) is 65.3 Å². The molecule has 0 aliphatic heterocycles. The van der Waals surface area contributed by atoms with Crippen molar-refractivity contribution in [3.8, 4) is 0 Å². The topological polar surface area (TPSA) is 37.3 Å². The third-order valence-electron chi connectivity index (χ3n) is 7.48. The Morgan fingerprint density at radius 1 is 1.11 bits per heavy atom. The summed E-state index contributed by atoms with van der Waals surface area (Å²) < 4.78 is 0. The maximum absolute atomic E-state index is 12.9. The van der Waals surface area contributed by atoms with Crippen molar-refractivity contribution < 1.29 is 9.90 Å². The molecule has 0 radical (unpaired) electrons. The predicted octanol–water partition coefficient (Wildman–Crippen LogP) is 6.76. The molecule has 2 nitrogen and oxygen atoms in total. The van der Waals surface area contributed by atoms with Crippen LogP contribution in [0.1, 0.15) is 59.4 Å². The van der Waals surface area contributed by atoms with Gasteiger partial charge in [0.2, 0.25) is 0 Å². The lowest BCUT2D eigenvalue weighted by molar-refractivity contribution is -0.159. The fourth-order valence-corrected chi connectivity index (χ4v) is 5.85. The second kappa shape index (κ2) is 7.73. The third kappa shape index (κ3) is 2.98. The largest absolute Gasteiger partial charge is 0.481 e. The van der Waals surface area contributed by atoms with E-state index in [1.807, 2.05) is 25.1 Å². The Labute approximate surface area is 170 Å². The molecule has 0 heterocycles. The van der Waals surface area contributed by atoms with Crippen molar-refractivity contribution >= 4 is 12.0 Å². The summed E-state index contributed by atoms with van der Waals surface area (Å²) in [7, 11) is 0. The maximum Gasteiger partial charge on any atom is 0.311 e. The number of benzene rings is 1. The summed E-state index contributed by atoms with van der Waals surface area (Å²) in [5, 5.41) is 10.6. The van der Waals surface area contributed by atoms with E-state index in [0.717, 1.165) is 24.8 Å². The lowest BCUT2D eigenvalue weighted by Crippen LogP contribution is -2.54. The van der Waals surface area contributed by atoms with Gasteiger partial charge in [-0.05, 0) is 43.6 Å². The number of fused-ring (bicyclic) bond motifs is 1. The van der Waals surface area contributed by atoms with E-state index in [1.165, 1.54) is 11.1 Å². The molecule has 0 aromatic heterocycles. The van der Waals surface area contributed by atoms with Gasteiger partial charge in [-0.3, -0.25) is 4.79 Å². The Balaban J connectivity index is 2.23. The molecule has 1 aromatic carbocycles. The van der Waals surface area contributed by atoms with Crippen LogP contribution >= 0.6 is 0 Å². The molecule has 0 spiro atoms. The summed E-state index contributed by atoms with van der Waals surface area (Å²) in [4.78, 5) is 12.9. The first-order valence-electron chi connectivity index (χ1n) is 10.7. The van der Waals surface area contributed by atoms with E-state index in [0.29, 0.717) is 11.8 Å².